The molecule has 1 aromatic carbocycles. The lowest BCUT2D eigenvalue weighted by atomic mass is 9.98. The van der Waals surface area contributed by atoms with Gasteiger partial charge in [-0.2, -0.15) is 0 Å². The number of nitrogens with zero attached hydrogens (tertiary/aromatic N) is 2. The van der Waals surface area contributed by atoms with Gasteiger partial charge in [-0.15, -0.1) is 0 Å². The summed E-state index contributed by atoms with van der Waals surface area (Å²) in [6.45, 7) is 6.01. The average molecular weight is 357 g/mol. The molecule has 0 bridgehead atoms. The van der Waals surface area contributed by atoms with E-state index in [1.807, 2.05) is 0 Å². The molecule has 0 spiro atoms. The zero-order valence-electron chi connectivity index (χ0n) is 15.7. The summed E-state index contributed by atoms with van der Waals surface area (Å²) >= 11 is 0. The summed E-state index contributed by atoms with van der Waals surface area (Å²) in [7, 11) is 0. The molecule has 2 atom stereocenters. The van der Waals surface area contributed by atoms with Gasteiger partial charge in [0.1, 0.15) is 6.61 Å². The Balaban J connectivity index is 1.34. The van der Waals surface area contributed by atoms with Crippen LogP contribution in [0.5, 0.6) is 0 Å². The zero-order valence-corrected chi connectivity index (χ0v) is 15.7. The van der Waals surface area contributed by atoms with Gasteiger partial charge >= 0.3 is 0 Å². The molecule has 2 aliphatic heterocycles. The van der Waals surface area contributed by atoms with Gasteiger partial charge in [-0.3, -0.25) is 9.69 Å². The normalized spacial score (nSPS) is 27.7. The Hall–Kier alpha value is -1.59. The number of likely N-dealkylation sites (tertiary alicyclic amines) is 1. The lowest BCUT2D eigenvalue weighted by molar-refractivity contribution is -0.124. The maximum Gasteiger partial charge on any atom is 0.245 e. The first-order chi connectivity index (χ1) is 12.6. The van der Waals surface area contributed by atoms with Crippen molar-refractivity contribution in [3.05, 3.63) is 29.8 Å². The van der Waals surface area contributed by atoms with Gasteiger partial charge in [0.25, 0.3) is 0 Å². The minimum absolute atomic E-state index is 0.219. The van der Waals surface area contributed by atoms with Crippen LogP contribution in [0.4, 0.5) is 5.69 Å². The summed E-state index contributed by atoms with van der Waals surface area (Å²) in [5.41, 5.74) is 2.66. The molecule has 1 saturated carbocycles. The monoisotopic (exact) mass is 357 g/mol. The molecule has 26 heavy (non-hydrogen) atoms. The fourth-order valence-corrected chi connectivity index (χ4v) is 4.88. The third-order valence-electron chi connectivity index (χ3n) is 6.46. The maximum absolute atomic E-state index is 11.7. The molecule has 3 fully saturated rings. The highest BCUT2D eigenvalue weighted by molar-refractivity contribution is 5.77. The Labute approximate surface area is 156 Å². The highest BCUT2D eigenvalue weighted by Crippen LogP contribution is 2.42. The lowest BCUT2D eigenvalue weighted by Crippen LogP contribution is -2.46. The first-order valence-corrected chi connectivity index (χ1v) is 10.1. The molecule has 2 saturated heterocycles. The van der Waals surface area contributed by atoms with E-state index in [4.69, 9.17) is 5.11 Å². The summed E-state index contributed by atoms with van der Waals surface area (Å²) in [6, 6.07) is 9.63. The Kier molecular flexibility index (Phi) is 5.18. The molecule has 0 unspecified atom stereocenters. The summed E-state index contributed by atoms with van der Waals surface area (Å²) in [6.07, 6.45) is 4.98. The molecule has 5 heteroatoms. The van der Waals surface area contributed by atoms with Crippen molar-refractivity contribution in [3.63, 3.8) is 0 Å². The van der Waals surface area contributed by atoms with Gasteiger partial charge in [-0.05, 0) is 62.1 Å². The minimum Gasteiger partial charge on any atom is -0.387 e. The SMILES string of the molecule is Cc1cccc(N2CCC(N3C[C@@H](NC(=O)CO)[C@H](C4CC4)C3)CC2)c1. The Morgan fingerprint density at radius 3 is 2.62 bits per heavy atom. The first kappa shape index (κ1) is 17.8. The summed E-state index contributed by atoms with van der Waals surface area (Å²) < 4.78 is 0. The molecular formula is C21H31N3O2. The first-order valence-electron chi connectivity index (χ1n) is 10.1. The number of piperidine rings is 1. The van der Waals surface area contributed by atoms with Crippen molar-refractivity contribution in [1.82, 2.24) is 10.2 Å². The van der Waals surface area contributed by atoms with E-state index in [-0.39, 0.29) is 11.9 Å². The molecule has 3 aliphatic rings. The highest BCUT2D eigenvalue weighted by atomic mass is 16.3. The second kappa shape index (κ2) is 7.57. The van der Waals surface area contributed by atoms with Crippen molar-refractivity contribution in [2.45, 2.75) is 44.7 Å². The van der Waals surface area contributed by atoms with Crippen LogP contribution >= 0.6 is 0 Å². The molecule has 1 aromatic rings. The predicted molar refractivity (Wildman–Crippen MR) is 103 cm³/mol. The minimum atomic E-state index is -0.400. The number of aliphatic hydroxyl groups excluding tert-OH is 1. The number of anilines is 1. The number of benzene rings is 1. The molecule has 0 radical (unpaired) electrons. The Bertz CT molecular complexity index is 638. The van der Waals surface area contributed by atoms with Crippen LogP contribution in [0.15, 0.2) is 24.3 Å². The molecule has 5 nitrogen and oxygen atoms in total. The van der Waals surface area contributed by atoms with E-state index >= 15 is 0 Å². The van der Waals surface area contributed by atoms with E-state index in [0.717, 1.165) is 32.1 Å². The number of carbonyl (C=O) groups is 1. The Morgan fingerprint density at radius 1 is 1.19 bits per heavy atom. The highest BCUT2D eigenvalue weighted by Gasteiger charge is 2.44. The summed E-state index contributed by atoms with van der Waals surface area (Å²) in [5, 5.41) is 12.1. The molecular weight excluding hydrogens is 326 g/mol. The van der Waals surface area contributed by atoms with Crippen LogP contribution < -0.4 is 10.2 Å². The Morgan fingerprint density at radius 2 is 1.96 bits per heavy atom. The number of hydrogen-bond donors (Lipinski definition) is 2. The second-order valence-electron chi connectivity index (χ2n) is 8.34. The summed E-state index contributed by atoms with van der Waals surface area (Å²) in [5.74, 6) is 1.12. The molecule has 142 valence electrons. The van der Waals surface area contributed by atoms with Crippen molar-refractivity contribution in [1.29, 1.82) is 0 Å². The number of aliphatic hydroxyl groups is 1. The van der Waals surface area contributed by atoms with Crippen LogP contribution in [0.2, 0.25) is 0 Å². The van der Waals surface area contributed by atoms with Crippen LogP contribution in [0.3, 0.4) is 0 Å². The van der Waals surface area contributed by atoms with Gasteiger partial charge in [0.2, 0.25) is 5.91 Å². The van der Waals surface area contributed by atoms with Crippen LogP contribution in [0, 0.1) is 18.8 Å². The van der Waals surface area contributed by atoms with Gasteiger partial charge in [-0.25, -0.2) is 0 Å². The van der Waals surface area contributed by atoms with Crippen LogP contribution in [0.25, 0.3) is 0 Å². The van der Waals surface area contributed by atoms with Gasteiger partial charge in [0.05, 0.1) is 0 Å². The third kappa shape index (κ3) is 3.89. The van der Waals surface area contributed by atoms with E-state index in [0.29, 0.717) is 12.0 Å². The van der Waals surface area contributed by atoms with Crippen molar-refractivity contribution in [2.24, 2.45) is 11.8 Å². The number of hydrogen-bond acceptors (Lipinski definition) is 4. The van der Waals surface area contributed by atoms with Gasteiger partial charge < -0.3 is 15.3 Å². The van der Waals surface area contributed by atoms with E-state index in [1.165, 1.54) is 36.9 Å². The van der Waals surface area contributed by atoms with E-state index in [1.54, 1.807) is 0 Å². The van der Waals surface area contributed by atoms with Crippen molar-refractivity contribution in [3.8, 4) is 0 Å². The lowest BCUT2D eigenvalue weighted by Gasteiger charge is -2.38. The fourth-order valence-electron chi connectivity index (χ4n) is 4.88. The average Bonchev–Trinajstić information content (AvgIpc) is 3.42. The molecule has 1 amide bonds. The van der Waals surface area contributed by atoms with E-state index < -0.39 is 6.61 Å². The topological polar surface area (TPSA) is 55.8 Å². The molecule has 2 N–H and O–H groups in total. The molecule has 2 heterocycles. The third-order valence-corrected chi connectivity index (χ3v) is 6.46. The fraction of sp³-hybridized carbons (Fsp3) is 0.667. The smallest absolute Gasteiger partial charge is 0.245 e. The standard InChI is InChI=1S/C21H31N3O2/c1-15-3-2-4-18(11-15)23-9-7-17(8-10-23)24-12-19(16-5-6-16)20(13-24)22-21(26)14-25/h2-4,11,16-17,19-20,25H,5-10,12-14H2,1H3,(H,22,26)/t19-,20+/m0/s1. The largest absolute Gasteiger partial charge is 0.387 e. The quantitative estimate of drug-likeness (QED) is 0.844. The number of amides is 1. The zero-order chi connectivity index (χ0) is 18.1. The van der Waals surface area contributed by atoms with Crippen LogP contribution in [-0.2, 0) is 4.79 Å². The second-order valence-corrected chi connectivity index (χ2v) is 8.34. The van der Waals surface area contributed by atoms with Crippen LogP contribution in [0.1, 0.15) is 31.2 Å². The number of carbonyl (C=O) groups excluding carboxylic acids is 1. The van der Waals surface area contributed by atoms with Crippen molar-refractivity contribution in [2.75, 3.05) is 37.7 Å². The molecule has 0 aromatic heterocycles. The van der Waals surface area contributed by atoms with Crippen LogP contribution in [-0.4, -0.2) is 60.8 Å². The molecule has 4 rings (SSSR count). The van der Waals surface area contributed by atoms with Gasteiger partial charge in [0.15, 0.2) is 0 Å². The van der Waals surface area contributed by atoms with Crippen molar-refractivity contribution >= 4 is 11.6 Å². The van der Waals surface area contributed by atoms with Gasteiger partial charge in [-0.1, -0.05) is 12.1 Å². The van der Waals surface area contributed by atoms with E-state index in [2.05, 4.69) is 46.3 Å². The van der Waals surface area contributed by atoms with Crippen molar-refractivity contribution < 1.29 is 9.90 Å². The van der Waals surface area contributed by atoms with Gasteiger partial charge in [0, 0.05) is 44.0 Å². The predicted octanol–water partition coefficient (Wildman–Crippen LogP) is 1.78. The number of aryl methyl sites for hydroxylation is 1. The molecule has 1 aliphatic carbocycles. The number of rotatable bonds is 5. The van der Waals surface area contributed by atoms with E-state index in [9.17, 15) is 4.79 Å². The maximum atomic E-state index is 11.7. The summed E-state index contributed by atoms with van der Waals surface area (Å²) in [4.78, 5) is 16.8. The number of nitrogens with one attached hydrogen (secondary N) is 1.